The average molecular weight is 295 g/mol. The van der Waals surface area contributed by atoms with Gasteiger partial charge in [0, 0.05) is 31.4 Å². The molecule has 0 unspecified atom stereocenters. The van der Waals surface area contributed by atoms with E-state index in [1.54, 1.807) is 12.1 Å². The zero-order valence-electron chi connectivity index (χ0n) is 12.3. The molecule has 1 saturated carbocycles. The summed E-state index contributed by atoms with van der Waals surface area (Å²) in [6, 6.07) is 7.24. The molecular weight excluding hydrogens is 272 g/mol. The molecule has 2 nitrogen and oxygen atoms in total. The van der Waals surface area contributed by atoms with E-state index in [1.807, 2.05) is 6.07 Å². The highest BCUT2D eigenvalue weighted by Crippen LogP contribution is 2.46. The van der Waals surface area contributed by atoms with Gasteiger partial charge >= 0.3 is 0 Å². The lowest BCUT2D eigenvalue weighted by Crippen LogP contribution is -2.44. The van der Waals surface area contributed by atoms with E-state index in [9.17, 15) is 8.78 Å². The highest BCUT2D eigenvalue weighted by molar-refractivity contribution is 5.24. The van der Waals surface area contributed by atoms with E-state index < -0.39 is 6.43 Å². The Bertz CT molecular complexity index is 472. The minimum atomic E-state index is -2.39. The predicted molar refractivity (Wildman–Crippen MR) is 78.4 cm³/mol. The highest BCUT2D eigenvalue weighted by Gasteiger charge is 2.43. The first-order valence-corrected chi connectivity index (χ1v) is 7.88. The number of nitrogens with one attached hydrogen (secondary N) is 1. The van der Waals surface area contributed by atoms with Crippen LogP contribution in [-0.2, 0) is 11.3 Å². The quantitative estimate of drug-likeness (QED) is 0.904. The van der Waals surface area contributed by atoms with E-state index in [1.165, 1.54) is 25.3 Å². The van der Waals surface area contributed by atoms with Gasteiger partial charge in [-0.2, -0.15) is 0 Å². The molecule has 116 valence electrons. The van der Waals surface area contributed by atoms with Crippen LogP contribution in [0.3, 0.4) is 0 Å². The molecule has 0 bridgehead atoms. The second kappa shape index (κ2) is 6.41. The Morgan fingerprint density at radius 3 is 2.81 bits per heavy atom. The van der Waals surface area contributed by atoms with Crippen molar-refractivity contribution in [1.82, 2.24) is 5.32 Å². The first-order valence-electron chi connectivity index (χ1n) is 7.88. The molecule has 2 fully saturated rings. The standard InChI is InChI=1S/C17H23F2NO/c18-16(19)14-4-1-3-13(11-14)12-20-15-5-2-6-17(15)7-9-21-10-8-17/h1,3-4,11,15-16,20H,2,5-10,12H2/t15-/m1/s1. The fraction of sp³-hybridized carbons (Fsp3) is 0.647. The molecule has 1 aromatic rings. The van der Waals surface area contributed by atoms with Crippen LogP contribution in [0.4, 0.5) is 8.78 Å². The van der Waals surface area contributed by atoms with Gasteiger partial charge in [0.1, 0.15) is 0 Å². The number of benzene rings is 1. The third-order valence-electron chi connectivity index (χ3n) is 5.15. The smallest absolute Gasteiger partial charge is 0.263 e. The summed E-state index contributed by atoms with van der Waals surface area (Å²) in [6.45, 7) is 2.39. The summed E-state index contributed by atoms with van der Waals surface area (Å²) >= 11 is 0. The summed E-state index contributed by atoms with van der Waals surface area (Å²) in [4.78, 5) is 0. The minimum Gasteiger partial charge on any atom is -0.381 e. The Hall–Kier alpha value is -1.00. The molecule has 0 radical (unpaired) electrons. The molecule has 1 N–H and O–H groups in total. The largest absolute Gasteiger partial charge is 0.381 e. The third-order valence-corrected chi connectivity index (χ3v) is 5.15. The number of hydrogen-bond donors (Lipinski definition) is 1. The highest BCUT2D eigenvalue weighted by atomic mass is 19.3. The molecule has 1 heterocycles. The topological polar surface area (TPSA) is 21.3 Å². The Labute approximate surface area is 124 Å². The van der Waals surface area contributed by atoms with Crippen molar-refractivity contribution in [2.75, 3.05) is 13.2 Å². The maximum Gasteiger partial charge on any atom is 0.263 e. The first-order chi connectivity index (χ1) is 10.2. The fourth-order valence-corrected chi connectivity index (χ4v) is 3.91. The summed E-state index contributed by atoms with van der Waals surface area (Å²) in [5.74, 6) is 0. The third kappa shape index (κ3) is 3.27. The Kier molecular flexibility index (Phi) is 4.55. The molecular formula is C17H23F2NO. The average Bonchev–Trinajstić information content (AvgIpc) is 2.88. The Morgan fingerprint density at radius 1 is 1.24 bits per heavy atom. The van der Waals surface area contributed by atoms with E-state index >= 15 is 0 Å². The van der Waals surface area contributed by atoms with Crippen molar-refractivity contribution in [2.45, 2.75) is 51.1 Å². The molecule has 2 aliphatic rings. The number of hydrogen-bond acceptors (Lipinski definition) is 2. The molecule has 1 aliphatic heterocycles. The van der Waals surface area contributed by atoms with E-state index in [-0.39, 0.29) is 5.56 Å². The monoisotopic (exact) mass is 295 g/mol. The lowest BCUT2D eigenvalue weighted by Gasteiger charge is -2.39. The van der Waals surface area contributed by atoms with Crippen LogP contribution in [0, 0.1) is 5.41 Å². The van der Waals surface area contributed by atoms with Crippen molar-refractivity contribution in [3.63, 3.8) is 0 Å². The maximum absolute atomic E-state index is 12.7. The Balaban J connectivity index is 1.63. The zero-order valence-corrected chi connectivity index (χ0v) is 12.3. The summed E-state index contributed by atoms with van der Waals surface area (Å²) in [5.41, 5.74) is 1.43. The molecule has 1 atom stereocenters. The van der Waals surface area contributed by atoms with Crippen molar-refractivity contribution in [2.24, 2.45) is 5.41 Å². The van der Waals surface area contributed by atoms with Crippen LogP contribution in [-0.4, -0.2) is 19.3 Å². The lowest BCUT2D eigenvalue weighted by molar-refractivity contribution is 0.00414. The fourth-order valence-electron chi connectivity index (χ4n) is 3.91. The number of rotatable bonds is 4. The first kappa shape index (κ1) is 14.9. The second-order valence-corrected chi connectivity index (χ2v) is 6.35. The van der Waals surface area contributed by atoms with Crippen LogP contribution >= 0.6 is 0 Å². The van der Waals surface area contributed by atoms with Crippen molar-refractivity contribution in [3.05, 3.63) is 35.4 Å². The van der Waals surface area contributed by atoms with E-state index in [4.69, 9.17) is 4.74 Å². The van der Waals surface area contributed by atoms with Crippen molar-refractivity contribution < 1.29 is 13.5 Å². The predicted octanol–water partition coefficient (Wildman–Crippen LogP) is 4.06. The molecule has 21 heavy (non-hydrogen) atoms. The molecule has 1 aliphatic carbocycles. The summed E-state index contributed by atoms with van der Waals surface area (Å²) < 4.78 is 31.0. The molecule has 1 spiro atoms. The van der Waals surface area contributed by atoms with Crippen LogP contribution in [0.25, 0.3) is 0 Å². The SMILES string of the molecule is FC(F)c1cccc(CN[C@@H]2CCCC23CCOCC3)c1. The zero-order chi connectivity index (χ0) is 14.7. The Morgan fingerprint density at radius 2 is 2.05 bits per heavy atom. The molecule has 3 rings (SSSR count). The molecule has 0 aromatic heterocycles. The summed E-state index contributed by atoms with van der Waals surface area (Å²) in [7, 11) is 0. The van der Waals surface area contributed by atoms with Gasteiger partial charge in [0.05, 0.1) is 0 Å². The lowest BCUT2D eigenvalue weighted by atomic mass is 9.75. The van der Waals surface area contributed by atoms with Gasteiger partial charge in [-0.1, -0.05) is 24.6 Å². The number of ether oxygens (including phenoxy) is 1. The van der Waals surface area contributed by atoms with E-state index in [0.29, 0.717) is 18.0 Å². The van der Waals surface area contributed by atoms with Gasteiger partial charge in [0.25, 0.3) is 6.43 Å². The molecule has 0 amide bonds. The summed E-state index contributed by atoms with van der Waals surface area (Å²) in [5, 5.41) is 3.62. The van der Waals surface area contributed by atoms with Gasteiger partial charge in [-0.05, 0) is 42.7 Å². The molecule has 1 saturated heterocycles. The number of halogens is 2. The van der Waals surface area contributed by atoms with Crippen molar-refractivity contribution >= 4 is 0 Å². The van der Waals surface area contributed by atoms with Crippen LogP contribution in [0.15, 0.2) is 24.3 Å². The van der Waals surface area contributed by atoms with Crippen LogP contribution in [0.5, 0.6) is 0 Å². The van der Waals surface area contributed by atoms with Gasteiger partial charge < -0.3 is 10.1 Å². The summed E-state index contributed by atoms with van der Waals surface area (Å²) in [6.07, 6.45) is 3.58. The molecule has 1 aromatic carbocycles. The van der Waals surface area contributed by atoms with E-state index in [0.717, 1.165) is 31.6 Å². The minimum absolute atomic E-state index is 0.113. The van der Waals surface area contributed by atoms with Crippen LogP contribution in [0.1, 0.15) is 49.7 Å². The second-order valence-electron chi connectivity index (χ2n) is 6.35. The van der Waals surface area contributed by atoms with Gasteiger partial charge in [-0.3, -0.25) is 0 Å². The van der Waals surface area contributed by atoms with E-state index in [2.05, 4.69) is 5.32 Å². The van der Waals surface area contributed by atoms with Gasteiger partial charge in [0.15, 0.2) is 0 Å². The van der Waals surface area contributed by atoms with Gasteiger partial charge in [0.2, 0.25) is 0 Å². The maximum atomic E-state index is 12.7. The van der Waals surface area contributed by atoms with Crippen molar-refractivity contribution in [3.8, 4) is 0 Å². The van der Waals surface area contributed by atoms with Gasteiger partial charge in [-0.25, -0.2) is 8.78 Å². The van der Waals surface area contributed by atoms with Gasteiger partial charge in [-0.15, -0.1) is 0 Å². The van der Waals surface area contributed by atoms with Crippen LogP contribution in [0.2, 0.25) is 0 Å². The van der Waals surface area contributed by atoms with Crippen molar-refractivity contribution in [1.29, 1.82) is 0 Å². The molecule has 4 heteroatoms. The number of alkyl halides is 2. The normalized spacial score (nSPS) is 24.8. The van der Waals surface area contributed by atoms with Crippen LogP contribution < -0.4 is 5.32 Å².